The van der Waals surface area contributed by atoms with Crippen molar-refractivity contribution in [2.45, 2.75) is 77.7 Å². The number of fused-ring (bicyclic) bond motifs is 5. The molecule has 4 aliphatic rings. The maximum Gasteiger partial charge on any atom is 0.0596 e. The normalized spacial score (nSPS) is 57.8. The highest BCUT2D eigenvalue weighted by atomic mass is 16.3. The molecule has 0 aromatic heterocycles. The second kappa shape index (κ2) is 5.21. The van der Waals surface area contributed by atoms with Crippen molar-refractivity contribution in [2.75, 3.05) is 6.61 Å². The lowest BCUT2D eigenvalue weighted by atomic mass is 9.44. The average Bonchev–Trinajstić information content (AvgIpc) is 2.81. The van der Waals surface area contributed by atoms with E-state index in [0.717, 1.165) is 30.1 Å². The van der Waals surface area contributed by atoms with E-state index in [9.17, 15) is 10.2 Å². The van der Waals surface area contributed by atoms with Crippen LogP contribution in [0.2, 0.25) is 0 Å². The fourth-order valence-corrected chi connectivity index (χ4v) is 7.77. The van der Waals surface area contributed by atoms with Gasteiger partial charge >= 0.3 is 0 Å². The van der Waals surface area contributed by atoms with Crippen LogP contribution in [0.15, 0.2) is 0 Å². The number of aliphatic hydroxyl groups excluding tert-OH is 2. The molecule has 0 aromatic rings. The van der Waals surface area contributed by atoms with Crippen molar-refractivity contribution in [3.8, 4) is 0 Å². The lowest BCUT2D eigenvalue weighted by Crippen LogP contribution is -2.55. The molecule has 4 aliphatic carbocycles. The molecule has 0 aliphatic heterocycles. The van der Waals surface area contributed by atoms with Gasteiger partial charge in [-0.1, -0.05) is 20.3 Å². The standard InChI is InChI=1S/C20H34O2/c1-19-10-3-4-13(12-21)15(19)6-5-14-16-7-8-18(22)20(16,2)11-9-17(14)19/h13-18,21-22H,3-12H2,1-2H3/t13-,14+,15+,16+,17+,18+,19+,20+/m1/s1. The van der Waals surface area contributed by atoms with Crippen LogP contribution in [0.5, 0.6) is 0 Å². The summed E-state index contributed by atoms with van der Waals surface area (Å²) >= 11 is 0. The van der Waals surface area contributed by atoms with Gasteiger partial charge in [-0.2, -0.15) is 0 Å². The Morgan fingerprint density at radius 2 is 1.55 bits per heavy atom. The van der Waals surface area contributed by atoms with Crippen molar-refractivity contribution in [2.24, 2.45) is 40.4 Å². The average molecular weight is 306 g/mol. The molecule has 2 N–H and O–H groups in total. The van der Waals surface area contributed by atoms with E-state index in [-0.39, 0.29) is 11.5 Å². The summed E-state index contributed by atoms with van der Waals surface area (Å²) in [6.07, 6.45) is 11.4. The maximum absolute atomic E-state index is 10.5. The minimum absolute atomic E-state index is 0.0551. The van der Waals surface area contributed by atoms with Crippen LogP contribution in [0.25, 0.3) is 0 Å². The van der Waals surface area contributed by atoms with Crippen LogP contribution in [-0.2, 0) is 0 Å². The molecule has 0 aromatic carbocycles. The molecule has 0 bridgehead atoms. The lowest BCUT2D eigenvalue weighted by Gasteiger charge is -2.61. The molecular formula is C20H34O2. The third-order valence-corrected chi connectivity index (χ3v) is 8.99. The molecule has 0 heterocycles. The molecule has 0 saturated heterocycles. The van der Waals surface area contributed by atoms with Crippen molar-refractivity contribution in [1.82, 2.24) is 0 Å². The van der Waals surface area contributed by atoms with Crippen LogP contribution in [0.4, 0.5) is 0 Å². The van der Waals surface area contributed by atoms with Gasteiger partial charge in [-0.25, -0.2) is 0 Å². The van der Waals surface area contributed by atoms with E-state index in [1.807, 2.05) is 0 Å². The van der Waals surface area contributed by atoms with Crippen molar-refractivity contribution in [3.63, 3.8) is 0 Å². The Hall–Kier alpha value is -0.0800. The van der Waals surface area contributed by atoms with Crippen LogP contribution in [0.1, 0.15) is 71.6 Å². The van der Waals surface area contributed by atoms with Gasteiger partial charge in [0, 0.05) is 6.61 Å². The number of rotatable bonds is 1. The van der Waals surface area contributed by atoms with Crippen molar-refractivity contribution >= 4 is 0 Å². The van der Waals surface area contributed by atoms with Gasteiger partial charge < -0.3 is 10.2 Å². The van der Waals surface area contributed by atoms with Gasteiger partial charge in [0.25, 0.3) is 0 Å². The summed E-state index contributed by atoms with van der Waals surface area (Å²) < 4.78 is 0. The highest BCUT2D eigenvalue weighted by molar-refractivity contribution is 5.09. The molecule has 2 nitrogen and oxygen atoms in total. The number of aliphatic hydroxyl groups is 2. The zero-order valence-electron chi connectivity index (χ0n) is 14.4. The first kappa shape index (κ1) is 15.4. The highest BCUT2D eigenvalue weighted by Crippen LogP contribution is 2.66. The first-order valence-corrected chi connectivity index (χ1v) is 9.79. The first-order valence-electron chi connectivity index (χ1n) is 9.79. The smallest absolute Gasteiger partial charge is 0.0596 e. The minimum atomic E-state index is -0.0551. The molecule has 0 unspecified atom stereocenters. The van der Waals surface area contributed by atoms with E-state index in [2.05, 4.69) is 13.8 Å². The zero-order valence-corrected chi connectivity index (χ0v) is 14.4. The summed E-state index contributed by atoms with van der Waals surface area (Å²) in [6, 6.07) is 0. The molecule has 0 spiro atoms. The van der Waals surface area contributed by atoms with E-state index >= 15 is 0 Å². The molecule has 0 radical (unpaired) electrons. The monoisotopic (exact) mass is 306 g/mol. The van der Waals surface area contributed by atoms with E-state index in [0.29, 0.717) is 17.9 Å². The van der Waals surface area contributed by atoms with E-state index < -0.39 is 0 Å². The summed E-state index contributed by atoms with van der Waals surface area (Å²) in [4.78, 5) is 0. The Balaban J connectivity index is 1.63. The Morgan fingerprint density at radius 1 is 0.818 bits per heavy atom. The van der Waals surface area contributed by atoms with E-state index in [4.69, 9.17) is 0 Å². The van der Waals surface area contributed by atoms with Gasteiger partial charge in [0.2, 0.25) is 0 Å². The second-order valence-electron chi connectivity index (χ2n) is 9.54. The van der Waals surface area contributed by atoms with Gasteiger partial charge in [-0.3, -0.25) is 0 Å². The Bertz CT molecular complexity index is 435. The Kier molecular flexibility index (Phi) is 3.66. The Labute approximate surface area is 135 Å². The lowest BCUT2D eigenvalue weighted by molar-refractivity contribution is -0.138. The van der Waals surface area contributed by atoms with Gasteiger partial charge in [-0.15, -0.1) is 0 Å². The minimum Gasteiger partial charge on any atom is -0.396 e. The summed E-state index contributed by atoms with van der Waals surface area (Å²) in [5, 5.41) is 20.4. The fourth-order valence-electron chi connectivity index (χ4n) is 7.77. The Morgan fingerprint density at radius 3 is 2.32 bits per heavy atom. The number of hydrogen-bond donors (Lipinski definition) is 2. The predicted molar refractivity (Wildman–Crippen MR) is 88.3 cm³/mol. The van der Waals surface area contributed by atoms with Gasteiger partial charge in [-0.05, 0) is 91.8 Å². The predicted octanol–water partition coefficient (Wildman–Crippen LogP) is 4.00. The third-order valence-electron chi connectivity index (χ3n) is 8.99. The molecule has 2 heteroatoms. The third kappa shape index (κ3) is 1.92. The summed E-state index contributed by atoms with van der Waals surface area (Å²) in [6.45, 7) is 5.33. The van der Waals surface area contributed by atoms with Crippen LogP contribution in [0, 0.1) is 40.4 Å². The van der Waals surface area contributed by atoms with Crippen molar-refractivity contribution in [1.29, 1.82) is 0 Å². The summed E-state index contributed by atoms with van der Waals surface area (Å²) in [5.74, 6) is 3.76. The molecule has 4 saturated carbocycles. The van der Waals surface area contributed by atoms with Gasteiger partial charge in [0.05, 0.1) is 6.10 Å². The SMILES string of the molecule is C[C@]12CCC[C@H](CO)[C@@H]1CC[C@@H]1[C@@H]2CC[C@]2(C)[C@@H](O)CC[C@@H]12. The van der Waals surface area contributed by atoms with Crippen LogP contribution in [0.3, 0.4) is 0 Å². The fraction of sp³-hybridized carbons (Fsp3) is 1.00. The van der Waals surface area contributed by atoms with Crippen LogP contribution >= 0.6 is 0 Å². The maximum atomic E-state index is 10.5. The quantitative estimate of drug-likeness (QED) is 0.769. The first-order chi connectivity index (χ1) is 10.5. The van der Waals surface area contributed by atoms with Gasteiger partial charge in [0.1, 0.15) is 0 Å². The van der Waals surface area contributed by atoms with Crippen molar-refractivity contribution in [3.05, 3.63) is 0 Å². The van der Waals surface area contributed by atoms with Crippen molar-refractivity contribution < 1.29 is 10.2 Å². The summed E-state index contributed by atoms with van der Waals surface area (Å²) in [5.41, 5.74) is 0.666. The van der Waals surface area contributed by atoms with E-state index in [1.165, 1.54) is 51.4 Å². The zero-order chi connectivity index (χ0) is 15.5. The van der Waals surface area contributed by atoms with E-state index in [1.54, 1.807) is 0 Å². The molecule has 0 amide bonds. The molecule has 4 fully saturated rings. The molecule has 126 valence electrons. The van der Waals surface area contributed by atoms with Crippen LogP contribution < -0.4 is 0 Å². The number of hydrogen-bond acceptors (Lipinski definition) is 2. The molecule has 4 rings (SSSR count). The largest absolute Gasteiger partial charge is 0.396 e. The molecular weight excluding hydrogens is 272 g/mol. The summed E-state index contributed by atoms with van der Waals surface area (Å²) in [7, 11) is 0. The second-order valence-corrected chi connectivity index (χ2v) is 9.54. The van der Waals surface area contributed by atoms with Gasteiger partial charge in [0.15, 0.2) is 0 Å². The molecule has 22 heavy (non-hydrogen) atoms. The highest BCUT2D eigenvalue weighted by Gasteiger charge is 2.60. The topological polar surface area (TPSA) is 40.5 Å². The molecule has 8 atom stereocenters. The van der Waals surface area contributed by atoms with Crippen LogP contribution in [-0.4, -0.2) is 22.9 Å².